The third-order valence-electron chi connectivity index (χ3n) is 2.23. The number of benzene rings is 1. The van der Waals surface area contributed by atoms with E-state index in [1.165, 1.54) is 12.1 Å². The minimum Gasteiger partial charge on any atom is -0.496 e. The summed E-state index contributed by atoms with van der Waals surface area (Å²) < 4.78 is 19.9. The van der Waals surface area contributed by atoms with E-state index in [9.17, 15) is 4.39 Å². The van der Waals surface area contributed by atoms with Crippen molar-refractivity contribution in [3.8, 4) is 5.75 Å². The van der Waals surface area contributed by atoms with Gasteiger partial charge < -0.3 is 10.5 Å². The number of halogens is 1. The molecule has 0 atom stereocenters. The Kier molecular flexibility index (Phi) is 2.76. The molecule has 5 heteroatoms. The highest BCUT2D eigenvalue weighted by atomic mass is 19.1. The fourth-order valence-electron chi connectivity index (χ4n) is 1.51. The molecule has 0 saturated heterocycles. The highest BCUT2D eigenvalue weighted by Gasteiger charge is 2.06. The zero-order chi connectivity index (χ0) is 11.5. The number of hydrogen-bond acceptors (Lipinski definition) is 3. The van der Waals surface area contributed by atoms with E-state index in [4.69, 9.17) is 10.5 Å². The van der Waals surface area contributed by atoms with Gasteiger partial charge in [-0.05, 0) is 18.2 Å². The molecule has 1 aromatic carbocycles. The Labute approximate surface area is 92.4 Å². The van der Waals surface area contributed by atoms with Gasteiger partial charge in [0.1, 0.15) is 11.6 Å². The number of hydrogen-bond donors (Lipinski definition) is 1. The van der Waals surface area contributed by atoms with Crippen LogP contribution in [0.25, 0.3) is 0 Å². The first-order valence-corrected chi connectivity index (χ1v) is 4.79. The number of aromatic nitrogens is 2. The second-order valence-corrected chi connectivity index (χ2v) is 3.43. The van der Waals surface area contributed by atoms with E-state index in [-0.39, 0.29) is 5.82 Å². The topological polar surface area (TPSA) is 53.1 Å². The number of nitrogens with zero attached hydrogens (tertiary/aromatic N) is 2. The Morgan fingerprint density at radius 3 is 2.94 bits per heavy atom. The molecule has 0 fully saturated rings. The summed E-state index contributed by atoms with van der Waals surface area (Å²) in [5.41, 5.74) is 6.85. The predicted octanol–water partition coefficient (Wildman–Crippen LogP) is 1.66. The molecule has 84 valence electrons. The van der Waals surface area contributed by atoms with Crippen LogP contribution >= 0.6 is 0 Å². The second-order valence-electron chi connectivity index (χ2n) is 3.43. The van der Waals surface area contributed by atoms with Gasteiger partial charge in [-0.25, -0.2) is 4.39 Å². The molecule has 0 spiro atoms. The second kappa shape index (κ2) is 4.22. The number of anilines is 1. The van der Waals surface area contributed by atoms with E-state index in [0.717, 1.165) is 5.56 Å². The first-order chi connectivity index (χ1) is 7.69. The summed E-state index contributed by atoms with van der Waals surface area (Å²) in [4.78, 5) is 0. The average Bonchev–Trinajstić information content (AvgIpc) is 2.64. The van der Waals surface area contributed by atoms with E-state index in [1.807, 2.05) is 0 Å². The van der Waals surface area contributed by atoms with Crippen molar-refractivity contribution < 1.29 is 9.13 Å². The van der Waals surface area contributed by atoms with Crippen molar-refractivity contribution in [2.24, 2.45) is 0 Å². The van der Waals surface area contributed by atoms with Crippen LogP contribution in [0.3, 0.4) is 0 Å². The molecule has 1 heterocycles. The summed E-state index contributed by atoms with van der Waals surface area (Å²) >= 11 is 0. The van der Waals surface area contributed by atoms with Crippen LogP contribution < -0.4 is 10.5 Å². The van der Waals surface area contributed by atoms with Crippen LogP contribution in [0.2, 0.25) is 0 Å². The fourth-order valence-corrected chi connectivity index (χ4v) is 1.51. The molecule has 0 unspecified atom stereocenters. The van der Waals surface area contributed by atoms with Gasteiger partial charge in [0.05, 0.1) is 25.5 Å². The zero-order valence-electron chi connectivity index (χ0n) is 8.85. The Morgan fingerprint density at radius 1 is 1.50 bits per heavy atom. The molecule has 0 aliphatic heterocycles. The van der Waals surface area contributed by atoms with Gasteiger partial charge >= 0.3 is 0 Å². The van der Waals surface area contributed by atoms with Crippen molar-refractivity contribution in [2.45, 2.75) is 6.54 Å². The molecule has 0 radical (unpaired) electrons. The molecular formula is C11H12FN3O. The van der Waals surface area contributed by atoms with Gasteiger partial charge in [0.25, 0.3) is 0 Å². The molecule has 0 bridgehead atoms. The van der Waals surface area contributed by atoms with Crippen molar-refractivity contribution in [2.75, 3.05) is 12.8 Å². The van der Waals surface area contributed by atoms with Crippen LogP contribution in [-0.4, -0.2) is 16.9 Å². The van der Waals surface area contributed by atoms with E-state index < -0.39 is 0 Å². The molecule has 0 aliphatic carbocycles. The molecule has 1 aromatic heterocycles. The van der Waals surface area contributed by atoms with Crippen molar-refractivity contribution in [3.05, 3.63) is 42.0 Å². The maximum atomic E-state index is 13.1. The van der Waals surface area contributed by atoms with Crippen LogP contribution in [0.1, 0.15) is 5.56 Å². The predicted molar refractivity (Wildman–Crippen MR) is 58.7 cm³/mol. The lowest BCUT2D eigenvalue weighted by atomic mass is 10.2. The normalized spacial score (nSPS) is 10.4. The quantitative estimate of drug-likeness (QED) is 0.857. The Balaban J connectivity index is 2.29. The van der Waals surface area contributed by atoms with Gasteiger partial charge in [0.2, 0.25) is 0 Å². The molecule has 2 N–H and O–H groups in total. The number of nitrogens with two attached hydrogens (primary N) is 1. The van der Waals surface area contributed by atoms with Gasteiger partial charge in [0, 0.05) is 11.8 Å². The third kappa shape index (κ3) is 2.13. The van der Waals surface area contributed by atoms with Crippen LogP contribution in [-0.2, 0) is 6.54 Å². The lowest BCUT2D eigenvalue weighted by Gasteiger charge is -2.08. The van der Waals surface area contributed by atoms with Gasteiger partial charge in [-0.2, -0.15) is 5.10 Å². The molecule has 0 amide bonds. The third-order valence-corrected chi connectivity index (χ3v) is 2.23. The SMILES string of the molecule is COc1ccc(F)cc1Cn1cc(N)cn1. The van der Waals surface area contributed by atoms with Crippen molar-refractivity contribution in [1.82, 2.24) is 9.78 Å². The van der Waals surface area contributed by atoms with Gasteiger partial charge in [-0.1, -0.05) is 0 Å². The van der Waals surface area contributed by atoms with Crippen molar-refractivity contribution in [1.29, 1.82) is 0 Å². The first-order valence-electron chi connectivity index (χ1n) is 4.79. The summed E-state index contributed by atoms with van der Waals surface area (Å²) in [7, 11) is 1.55. The summed E-state index contributed by atoms with van der Waals surface area (Å²) in [6.45, 7) is 0.429. The molecule has 0 aliphatic rings. The van der Waals surface area contributed by atoms with Crippen LogP contribution in [0.15, 0.2) is 30.6 Å². The lowest BCUT2D eigenvalue weighted by Crippen LogP contribution is -2.02. The Hall–Kier alpha value is -2.04. The van der Waals surface area contributed by atoms with Crippen LogP contribution in [0.4, 0.5) is 10.1 Å². The fraction of sp³-hybridized carbons (Fsp3) is 0.182. The molecule has 2 rings (SSSR count). The number of ether oxygens (including phenoxy) is 1. The summed E-state index contributed by atoms with van der Waals surface area (Å²) in [5, 5.41) is 4.03. The standard InChI is InChI=1S/C11H12FN3O/c1-16-11-3-2-9(12)4-8(11)6-15-7-10(13)5-14-15/h2-5,7H,6,13H2,1H3. The van der Waals surface area contributed by atoms with Gasteiger partial charge in [-0.3, -0.25) is 4.68 Å². The highest BCUT2D eigenvalue weighted by molar-refractivity contribution is 5.35. The minimum atomic E-state index is -0.295. The Bertz CT molecular complexity index is 496. The van der Waals surface area contributed by atoms with Crippen molar-refractivity contribution >= 4 is 5.69 Å². The van der Waals surface area contributed by atoms with E-state index in [0.29, 0.717) is 18.0 Å². The number of nitrogen functional groups attached to an aromatic ring is 1. The zero-order valence-corrected chi connectivity index (χ0v) is 8.85. The summed E-state index contributed by atoms with van der Waals surface area (Å²) in [5.74, 6) is 0.339. The summed E-state index contributed by atoms with van der Waals surface area (Å²) in [6, 6.07) is 4.38. The lowest BCUT2D eigenvalue weighted by molar-refractivity contribution is 0.406. The Morgan fingerprint density at radius 2 is 2.31 bits per heavy atom. The van der Waals surface area contributed by atoms with Crippen LogP contribution in [0, 0.1) is 5.82 Å². The smallest absolute Gasteiger partial charge is 0.124 e. The minimum absolute atomic E-state index is 0.295. The number of rotatable bonds is 3. The van der Waals surface area contributed by atoms with E-state index >= 15 is 0 Å². The highest BCUT2D eigenvalue weighted by Crippen LogP contribution is 2.20. The first kappa shape index (κ1) is 10.5. The average molecular weight is 221 g/mol. The molecule has 0 saturated carbocycles. The number of methoxy groups -OCH3 is 1. The monoisotopic (exact) mass is 221 g/mol. The molecular weight excluding hydrogens is 209 g/mol. The molecule has 2 aromatic rings. The van der Waals surface area contributed by atoms with Gasteiger partial charge in [0.15, 0.2) is 0 Å². The molecule has 16 heavy (non-hydrogen) atoms. The van der Waals surface area contributed by atoms with Crippen molar-refractivity contribution in [3.63, 3.8) is 0 Å². The largest absolute Gasteiger partial charge is 0.496 e. The maximum Gasteiger partial charge on any atom is 0.124 e. The van der Waals surface area contributed by atoms with Gasteiger partial charge in [-0.15, -0.1) is 0 Å². The molecule has 4 nitrogen and oxygen atoms in total. The van der Waals surface area contributed by atoms with E-state index in [2.05, 4.69) is 5.10 Å². The summed E-state index contributed by atoms with van der Waals surface area (Å²) in [6.07, 6.45) is 3.23. The maximum absolute atomic E-state index is 13.1. The van der Waals surface area contributed by atoms with E-state index in [1.54, 1.807) is 30.3 Å². The van der Waals surface area contributed by atoms with Crippen LogP contribution in [0.5, 0.6) is 5.75 Å².